The number of methoxy groups -OCH3 is 1. The summed E-state index contributed by atoms with van der Waals surface area (Å²) in [6.07, 6.45) is 2.47. The van der Waals surface area contributed by atoms with Crippen molar-refractivity contribution in [3.05, 3.63) is 66.5 Å². The zero-order valence-corrected chi connectivity index (χ0v) is 14.6. The van der Waals surface area contributed by atoms with Gasteiger partial charge in [0.15, 0.2) is 0 Å². The summed E-state index contributed by atoms with van der Waals surface area (Å²) < 4.78 is 19.0. The maximum atomic E-state index is 13.8. The smallest absolute Gasteiger partial charge is 0.220 e. The van der Waals surface area contributed by atoms with Crippen molar-refractivity contribution in [2.24, 2.45) is 0 Å². The van der Waals surface area contributed by atoms with Crippen LogP contribution in [0.3, 0.4) is 0 Å². The number of ether oxygens (including phenoxy) is 1. The minimum absolute atomic E-state index is 0.0590. The first-order valence-corrected chi connectivity index (χ1v) is 8.44. The molecule has 0 bridgehead atoms. The summed E-state index contributed by atoms with van der Waals surface area (Å²) in [5, 5.41) is 3.57. The number of amides is 1. The van der Waals surface area contributed by atoms with Crippen LogP contribution in [0, 0.1) is 5.82 Å². The molecule has 0 aliphatic heterocycles. The third-order valence-electron chi connectivity index (χ3n) is 4.29. The Hall–Kier alpha value is -3.08. The van der Waals surface area contributed by atoms with Crippen molar-refractivity contribution >= 4 is 16.8 Å². The van der Waals surface area contributed by atoms with Crippen LogP contribution in [0.1, 0.15) is 12.0 Å². The number of nitrogens with one attached hydrogen (secondary N) is 2. The standard InChI is InChI=1S/C21H21FN2O2/c1-3-12-23-20(25)11-9-17-18-13-15(22)6-10-19(18)24-21(17)14-4-7-16(26-2)8-5-14/h3-8,10,13,24H,1,9,11-12H2,2H3,(H,23,25). The highest BCUT2D eigenvalue weighted by molar-refractivity contribution is 5.91. The SMILES string of the molecule is C=CCNC(=O)CCc1c(-c2ccc(OC)cc2)[nH]c2ccc(F)cc12. The topological polar surface area (TPSA) is 54.1 Å². The molecule has 1 amide bonds. The fourth-order valence-corrected chi connectivity index (χ4v) is 3.00. The normalized spacial score (nSPS) is 10.7. The second-order valence-corrected chi connectivity index (χ2v) is 5.99. The molecule has 0 saturated carbocycles. The maximum Gasteiger partial charge on any atom is 0.220 e. The van der Waals surface area contributed by atoms with Crippen LogP contribution in [-0.4, -0.2) is 24.5 Å². The molecule has 0 fully saturated rings. The molecule has 0 aliphatic carbocycles. The Morgan fingerprint density at radius 1 is 1.27 bits per heavy atom. The lowest BCUT2D eigenvalue weighted by Gasteiger charge is -2.07. The average molecular weight is 352 g/mol. The van der Waals surface area contributed by atoms with Gasteiger partial charge in [-0.2, -0.15) is 0 Å². The second kappa shape index (κ2) is 7.87. The monoisotopic (exact) mass is 352 g/mol. The molecule has 134 valence electrons. The van der Waals surface area contributed by atoms with Crippen LogP contribution >= 0.6 is 0 Å². The van der Waals surface area contributed by atoms with Crippen molar-refractivity contribution in [3.63, 3.8) is 0 Å². The summed E-state index contributed by atoms with van der Waals surface area (Å²) >= 11 is 0. The molecule has 0 radical (unpaired) electrons. The molecule has 0 spiro atoms. The lowest BCUT2D eigenvalue weighted by Crippen LogP contribution is -2.23. The van der Waals surface area contributed by atoms with Crippen molar-refractivity contribution in [1.29, 1.82) is 0 Å². The fourth-order valence-electron chi connectivity index (χ4n) is 3.00. The first-order valence-electron chi connectivity index (χ1n) is 8.44. The van der Waals surface area contributed by atoms with Crippen LogP contribution in [0.15, 0.2) is 55.1 Å². The summed E-state index contributed by atoms with van der Waals surface area (Å²) in [4.78, 5) is 15.3. The molecule has 1 heterocycles. The average Bonchev–Trinajstić information content (AvgIpc) is 3.02. The number of benzene rings is 2. The molecule has 26 heavy (non-hydrogen) atoms. The van der Waals surface area contributed by atoms with Gasteiger partial charge >= 0.3 is 0 Å². The zero-order valence-electron chi connectivity index (χ0n) is 14.6. The number of carbonyl (C=O) groups is 1. The van der Waals surface area contributed by atoms with Crippen LogP contribution in [0.5, 0.6) is 5.75 Å². The number of aromatic amines is 1. The van der Waals surface area contributed by atoms with Crippen molar-refractivity contribution in [3.8, 4) is 17.0 Å². The Labute approximate surface area is 151 Å². The predicted octanol–water partition coefficient (Wildman–Crippen LogP) is 4.22. The molecular weight excluding hydrogens is 331 g/mol. The van der Waals surface area contributed by atoms with E-state index in [-0.39, 0.29) is 11.7 Å². The van der Waals surface area contributed by atoms with Gasteiger partial charge < -0.3 is 15.0 Å². The number of aromatic nitrogens is 1. The highest BCUT2D eigenvalue weighted by Crippen LogP contribution is 2.32. The molecular formula is C21H21FN2O2. The van der Waals surface area contributed by atoms with E-state index < -0.39 is 0 Å². The second-order valence-electron chi connectivity index (χ2n) is 5.99. The molecule has 2 N–H and O–H groups in total. The summed E-state index contributed by atoms with van der Waals surface area (Å²) in [6, 6.07) is 12.3. The number of halogens is 1. The van der Waals surface area contributed by atoms with Crippen molar-refractivity contribution in [2.75, 3.05) is 13.7 Å². The lowest BCUT2D eigenvalue weighted by molar-refractivity contribution is -0.120. The number of hydrogen-bond acceptors (Lipinski definition) is 2. The van der Waals surface area contributed by atoms with E-state index in [0.29, 0.717) is 19.4 Å². The Morgan fingerprint density at radius 3 is 2.73 bits per heavy atom. The lowest BCUT2D eigenvalue weighted by atomic mass is 10.0. The van der Waals surface area contributed by atoms with E-state index in [1.54, 1.807) is 19.3 Å². The number of fused-ring (bicyclic) bond motifs is 1. The fraction of sp³-hybridized carbons (Fsp3) is 0.190. The van der Waals surface area contributed by atoms with Gasteiger partial charge in [0, 0.05) is 29.6 Å². The van der Waals surface area contributed by atoms with Gasteiger partial charge in [-0.3, -0.25) is 4.79 Å². The third kappa shape index (κ3) is 3.77. The van der Waals surface area contributed by atoms with Crippen LogP contribution < -0.4 is 10.1 Å². The Morgan fingerprint density at radius 2 is 2.04 bits per heavy atom. The van der Waals surface area contributed by atoms with E-state index in [0.717, 1.165) is 33.5 Å². The molecule has 2 aromatic carbocycles. The summed E-state index contributed by atoms with van der Waals surface area (Å²) in [5.41, 5.74) is 3.63. The van der Waals surface area contributed by atoms with E-state index in [1.807, 2.05) is 24.3 Å². The summed E-state index contributed by atoms with van der Waals surface area (Å²) in [7, 11) is 1.62. The van der Waals surface area contributed by atoms with Gasteiger partial charge in [-0.05, 0) is 60.0 Å². The summed E-state index contributed by atoms with van der Waals surface area (Å²) in [5.74, 6) is 0.410. The highest BCUT2D eigenvalue weighted by Gasteiger charge is 2.15. The Kier molecular flexibility index (Phi) is 5.37. The van der Waals surface area contributed by atoms with Gasteiger partial charge in [-0.15, -0.1) is 6.58 Å². The molecule has 5 heteroatoms. The third-order valence-corrected chi connectivity index (χ3v) is 4.29. The van der Waals surface area contributed by atoms with Gasteiger partial charge in [0.25, 0.3) is 0 Å². The van der Waals surface area contributed by atoms with Crippen molar-refractivity contribution < 1.29 is 13.9 Å². The molecule has 3 aromatic rings. The van der Waals surface area contributed by atoms with Crippen LogP contribution in [0.2, 0.25) is 0 Å². The molecule has 0 atom stereocenters. The van der Waals surface area contributed by atoms with Gasteiger partial charge in [0.2, 0.25) is 5.91 Å². The number of aryl methyl sites for hydroxylation is 1. The van der Waals surface area contributed by atoms with Gasteiger partial charge in [0.05, 0.1) is 7.11 Å². The van der Waals surface area contributed by atoms with E-state index >= 15 is 0 Å². The van der Waals surface area contributed by atoms with Gasteiger partial charge in [-0.25, -0.2) is 4.39 Å². The Balaban J connectivity index is 1.98. The molecule has 0 unspecified atom stereocenters. The Bertz CT molecular complexity index is 929. The number of hydrogen-bond donors (Lipinski definition) is 2. The predicted molar refractivity (Wildman–Crippen MR) is 102 cm³/mol. The van der Waals surface area contributed by atoms with Crippen molar-refractivity contribution in [1.82, 2.24) is 10.3 Å². The highest BCUT2D eigenvalue weighted by atomic mass is 19.1. The molecule has 0 saturated heterocycles. The van der Waals surface area contributed by atoms with Gasteiger partial charge in [0.1, 0.15) is 11.6 Å². The van der Waals surface area contributed by atoms with Crippen LogP contribution in [0.25, 0.3) is 22.2 Å². The van der Waals surface area contributed by atoms with Gasteiger partial charge in [-0.1, -0.05) is 6.08 Å². The maximum absolute atomic E-state index is 13.8. The molecule has 0 aliphatic rings. The number of rotatable bonds is 7. The largest absolute Gasteiger partial charge is 0.497 e. The zero-order chi connectivity index (χ0) is 18.5. The molecule has 1 aromatic heterocycles. The van der Waals surface area contributed by atoms with Crippen LogP contribution in [-0.2, 0) is 11.2 Å². The first-order chi connectivity index (χ1) is 12.6. The number of carbonyl (C=O) groups excluding carboxylic acids is 1. The minimum Gasteiger partial charge on any atom is -0.497 e. The van der Waals surface area contributed by atoms with E-state index in [4.69, 9.17) is 4.74 Å². The number of H-pyrrole nitrogens is 1. The quantitative estimate of drug-likeness (QED) is 0.626. The minimum atomic E-state index is -0.296. The molecule has 3 rings (SSSR count). The van der Waals surface area contributed by atoms with E-state index in [1.165, 1.54) is 12.1 Å². The molecule has 4 nitrogen and oxygen atoms in total. The first kappa shape index (κ1) is 17.7. The van der Waals surface area contributed by atoms with E-state index in [9.17, 15) is 9.18 Å². The van der Waals surface area contributed by atoms with Crippen molar-refractivity contribution in [2.45, 2.75) is 12.8 Å². The van der Waals surface area contributed by atoms with E-state index in [2.05, 4.69) is 16.9 Å². The summed E-state index contributed by atoms with van der Waals surface area (Å²) in [6.45, 7) is 4.03. The van der Waals surface area contributed by atoms with Crippen LogP contribution in [0.4, 0.5) is 4.39 Å².